The Kier molecular flexibility index (Phi) is 7.41. The molecule has 150 valence electrons. The van der Waals surface area contributed by atoms with E-state index < -0.39 is 0 Å². The van der Waals surface area contributed by atoms with Gasteiger partial charge < -0.3 is 14.8 Å². The maximum Gasteiger partial charge on any atom is 0.264 e. The van der Waals surface area contributed by atoms with Gasteiger partial charge in [0.1, 0.15) is 6.61 Å². The molecule has 0 aliphatic carbocycles. The Hall–Kier alpha value is -2.22. The van der Waals surface area contributed by atoms with E-state index in [2.05, 4.69) is 32.8 Å². The van der Waals surface area contributed by atoms with Gasteiger partial charge in [0, 0.05) is 5.02 Å². The Morgan fingerprint density at radius 1 is 1.31 bits per heavy atom. The first-order chi connectivity index (χ1) is 14.0. The maximum absolute atomic E-state index is 12.4. The second kappa shape index (κ2) is 10.0. The number of nitrogens with zero attached hydrogens (tertiary/aromatic N) is 1. The number of amidine groups is 1. The van der Waals surface area contributed by atoms with Gasteiger partial charge in [0.25, 0.3) is 5.91 Å². The highest BCUT2D eigenvalue weighted by molar-refractivity contribution is 9.10. The lowest BCUT2D eigenvalue weighted by Gasteiger charge is -2.13. The fraction of sp³-hybridized carbons (Fsp3) is 0.143. The first-order valence-corrected chi connectivity index (χ1v) is 10.7. The third-order valence-corrected chi connectivity index (χ3v) is 5.40. The maximum atomic E-state index is 12.4. The van der Waals surface area contributed by atoms with Gasteiger partial charge in [-0.2, -0.15) is 0 Å². The third kappa shape index (κ3) is 5.65. The molecule has 1 aliphatic heterocycles. The highest BCUT2D eigenvalue weighted by atomic mass is 79.9. The summed E-state index contributed by atoms with van der Waals surface area (Å²) in [7, 11) is 0. The number of carbonyl (C=O) groups is 1. The summed E-state index contributed by atoms with van der Waals surface area (Å²) in [6, 6.07) is 10.8. The average Bonchev–Trinajstić information content (AvgIpc) is 3.00. The Morgan fingerprint density at radius 3 is 2.86 bits per heavy atom. The Morgan fingerprint density at radius 2 is 2.14 bits per heavy atom. The van der Waals surface area contributed by atoms with Crippen LogP contribution in [-0.4, -0.2) is 24.3 Å². The minimum atomic E-state index is -0.211. The normalized spacial score (nSPS) is 16.2. The molecule has 29 heavy (non-hydrogen) atoms. The van der Waals surface area contributed by atoms with E-state index >= 15 is 0 Å². The van der Waals surface area contributed by atoms with Gasteiger partial charge in [-0.05, 0) is 76.6 Å². The van der Waals surface area contributed by atoms with Gasteiger partial charge in [-0.1, -0.05) is 30.3 Å². The van der Waals surface area contributed by atoms with E-state index in [1.54, 1.807) is 24.3 Å². The van der Waals surface area contributed by atoms with Crippen LogP contribution in [0.5, 0.6) is 11.5 Å². The molecule has 2 aromatic rings. The summed E-state index contributed by atoms with van der Waals surface area (Å²) in [5.74, 6) is 0.976. The van der Waals surface area contributed by atoms with Crippen molar-refractivity contribution < 1.29 is 14.3 Å². The van der Waals surface area contributed by atoms with Gasteiger partial charge in [-0.3, -0.25) is 4.79 Å². The topological polar surface area (TPSA) is 59.9 Å². The standard InChI is InChI=1S/C21H18BrClN2O3S/c1-3-8-28-19-16(22)9-13(10-17(19)27-4-2)11-18-20(26)25-21(29-18)24-15-7-5-6-14(23)12-15/h3,5-7,9-12H,1,4,8H2,2H3,(H,24,25,26)/b18-11-. The highest BCUT2D eigenvalue weighted by Gasteiger charge is 2.24. The van der Waals surface area contributed by atoms with Gasteiger partial charge in [0.05, 0.1) is 21.7 Å². The van der Waals surface area contributed by atoms with E-state index in [1.807, 2.05) is 31.2 Å². The van der Waals surface area contributed by atoms with Crippen LogP contribution in [-0.2, 0) is 4.79 Å². The summed E-state index contributed by atoms with van der Waals surface area (Å²) >= 11 is 10.8. The summed E-state index contributed by atoms with van der Waals surface area (Å²) in [5.41, 5.74) is 1.47. The van der Waals surface area contributed by atoms with E-state index in [4.69, 9.17) is 21.1 Å². The zero-order chi connectivity index (χ0) is 20.8. The van der Waals surface area contributed by atoms with Crippen molar-refractivity contribution in [3.05, 3.63) is 69.0 Å². The number of halogens is 2. The SMILES string of the molecule is C=CCOc1c(Br)cc(/C=C2\SC(=Nc3cccc(Cl)c3)NC2=O)cc1OCC. The van der Waals surface area contributed by atoms with E-state index in [9.17, 15) is 4.79 Å². The number of thioether (sulfide) groups is 1. The quantitative estimate of drug-likeness (QED) is 0.382. The molecule has 1 aliphatic rings. The zero-order valence-electron chi connectivity index (χ0n) is 15.6. The van der Waals surface area contributed by atoms with Gasteiger partial charge in [0.15, 0.2) is 16.7 Å². The van der Waals surface area contributed by atoms with Crippen LogP contribution in [0.4, 0.5) is 5.69 Å². The van der Waals surface area contributed by atoms with Crippen LogP contribution in [0, 0.1) is 0 Å². The molecule has 3 rings (SSSR count). The second-order valence-electron chi connectivity index (χ2n) is 5.82. The molecule has 0 saturated carbocycles. The first kappa shape index (κ1) is 21.5. The number of benzene rings is 2. The van der Waals surface area contributed by atoms with Crippen LogP contribution >= 0.6 is 39.3 Å². The van der Waals surface area contributed by atoms with E-state index in [0.717, 1.165) is 10.0 Å². The summed E-state index contributed by atoms with van der Waals surface area (Å²) in [4.78, 5) is 17.3. The lowest BCUT2D eigenvalue weighted by molar-refractivity contribution is -0.115. The van der Waals surface area contributed by atoms with E-state index in [0.29, 0.717) is 45.5 Å². The number of nitrogens with one attached hydrogen (secondary N) is 1. The predicted octanol–water partition coefficient (Wildman–Crippen LogP) is 5.96. The number of ether oxygens (including phenoxy) is 2. The zero-order valence-corrected chi connectivity index (χ0v) is 18.7. The van der Waals surface area contributed by atoms with Crippen molar-refractivity contribution in [3.63, 3.8) is 0 Å². The van der Waals surface area contributed by atoms with Crippen molar-refractivity contribution in [1.82, 2.24) is 5.32 Å². The molecule has 0 bridgehead atoms. The smallest absolute Gasteiger partial charge is 0.264 e. The van der Waals surface area contributed by atoms with Crippen molar-refractivity contribution in [2.75, 3.05) is 13.2 Å². The molecule has 1 heterocycles. The van der Waals surface area contributed by atoms with Crippen LogP contribution in [0.25, 0.3) is 6.08 Å². The number of rotatable bonds is 7. The van der Waals surface area contributed by atoms with E-state index in [1.165, 1.54) is 11.8 Å². The predicted molar refractivity (Wildman–Crippen MR) is 123 cm³/mol. The molecular formula is C21H18BrClN2O3S. The Bertz CT molecular complexity index is 1010. The van der Waals surface area contributed by atoms with Gasteiger partial charge in [-0.25, -0.2) is 4.99 Å². The number of hydrogen-bond donors (Lipinski definition) is 1. The summed E-state index contributed by atoms with van der Waals surface area (Å²) < 4.78 is 12.1. The monoisotopic (exact) mass is 492 g/mol. The molecule has 0 atom stereocenters. The van der Waals surface area contributed by atoms with Crippen molar-refractivity contribution in [2.24, 2.45) is 4.99 Å². The van der Waals surface area contributed by atoms with Crippen LogP contribution in [0.2, 0.25) is 5.02 Å². The molecule has 1 N–H and O–H groups in total. The number of amides is 1. The third-order valence-electron chi connectivity index (χ3n) is 3.66. The molecule has 5 nitrogen and oxygen atoms in total. The Balaban J connectivity index is 1.87. The molecule has 1 saturated heterocycles. The lowest BCUT2D eigenvalue weighted by Crippen LogP contribution is -2.19. The molecule has 2 aromatic carbocycles. The van der Waals surface area contributed by atoms with Gasteiger partial charge in [0.2, 0.25) is 0 Å². The lowest BCUT2D eigenvalue weighted by atomic mass is 10.2. The van der Waals surface area contributed by atoms with E-state index in [-0.39, 0.29) is 5.91 Å². The van der Waals surface area contributed by atoms with Crippen LogP contribution in [0.3, 0.4) is 0 Å². The fourth-order valence-corrected chi connectivity index (χ4v) is 4.11. The average molecular weight is 494 g/mol. The van der Waals surface area contributed by atoms with Crippen LogP contribution in [0.15, 0.2) is 63.4 Å². The minimum Gasteiger partial charge on any atom is -0.490 e. The molecule has 0 radical (unpaired) electrons. The largest absolute Gasteiger partial charge is 0.490 e. The number of carbonyl (C=O) groups excluding carboxylic acids is 1. The van der Waals surface area contributed by atoms with Crippen molar-refractivity contribution in [2.45, 2.75) is 6.92 Å². The van der Waals surface area contributed by atoms with Gasteiger partial charge >= 0.3 is 0 Å². The molecule has 0 aromatic heterocycles. The second-order valence-corrected chi connectivity index (χ2v) is 8.15. The first-order valence-electron chi connectivity index (χ1n) is 8.75. The fourth-order valence-electron chi connectivity index (χ4n) is 2.51. The minimum absolute atomic E-state index is 0.211. The Labute approximate surface area is 187 Å². The molecule has 1 amide bonds. The van der Waals surface area contributed by atoms with Gasteiger partial charge in [-0.15, -0.1) is 0 Å². The number of hydrogen-bond acceptors (Lipinski definition) is 5. The highest BCUT2D eigenvalue weighted by Crippen LogP contribution is 2.38. The van der Waals surface area contributed by atoms with Crippen LogP contribution in [0.1, 0.15) is 12.5 Å². The van der Waals surface area contributed by atoms with Crippen molar-refractivity contribution >= 4 is 62.1 Å². The molecular weight excluding hydrogens is 476 g/mol. The molecule has 0 unspecified atom stereocenters. The summed E-state index contributed by atoms with van der Waals surface area (Å²) in [6.07, 6.45) is 3.45. The molecule has 1 fully saturated rings. The molecule has 0 spiro atoms. The van der Waals surface area contributed by atoms with Crippen molar-refractivity contribution in [3.8, 4) is 11.5 Å². The van der Waals surface area contributed by atoms with Crippen LogP contribution < -0.4 is 14.8 Å². The van der Waals surface area contributed by atoms with Crippen molar-refractivity contribution in [1.29, 1.82) is 0 Å². The molecule has 8 heteroatoms. The number of aliphatic imine (C=N–C) groups is 1. The summed E-state index contributed by atoms with van der Waals surface area (Å²) in [5, 5.41) is 3.86. The summed E-state index contributed by atoms with van der Waals surface area (Å²) in [6.45, 7) is 6.41.